The van der Waals surface area contributed by atoms with Gasteiger partial charge in [-0.3, -0.25) is 4.98 Å². The van der Waals surface area contributed by atoms with Crippen molar-refractivity contribution in [1.29, 1.82) is 5.26 Å². The lowest BCUT2D eigenvalue weighted by Crippen LogP contribution is -2.40. The highest BCUT2D eigenvalue weighted by molar-refractivity contribution is 5.40. The fourth-order valence-corrected chi connectivity index (χ4v) is 4.07. The maximum Gasteiger partial charge on any atom is 0.324 e. The number of aromatic nitrogens is 3. The number of anilines is 1. The molecular weight excluding hydrogens is 401 g/mol. The molecule has 1 saturated heterocycles. The molecule has 9 heteroatoms. The van der Waals surface area contributed by atoms with Crippen molar-refractivity contribution in [2.24, 2.45) is 0 Å². The number of hydrogen-bond acceptors (Lipinski definition) is 8. The molecule has 0 radical (unpaired) electrons. The number of halogens is 1. The Kier molecular flexibility index (Phi) is 6.37. The molecule has 166 valence electrons. The van der Waals surface area contributed by atoms with Gasteiger partial charge in [0.2, 0.25) is 5.82 Å². The Labute approximate surface area is 181 Å². The van der Waals surface area contributed by atoms with Gasteiger partial charge >= 0.3 is 6.01 Å². The first-order valence-electron chi connectivity index (χ1n) is 10.9. The number of ether oxygens (including phenoxy) is 2. The van der Waals surface area contributed by atoms with E-state index < -0.39 is 5.67 Å². The first-order valence-corrected chi connectivity index (χ1v) is 10.9. The van der Waals surface area contributed by atoms with Crippen LogP contribution in [0.2, 0.25) is 0 Å². The molecule has 1 saturated carbocycles. The summed E-state index contributed by atoms with van der Waals surface area (Å²) < 4.78 is 31.6. The number of hydrogen-bond donors (Lipinski definition) is 0. The number of nitriles is 1. The quantitative estimate of drug-likeness (QED) is 0.682. The number of alkyl halides is 1. The Balaban J connectivity index is 1.21. The third-order valence-corrected chi connectivity index (χ3v) is 5.86. The van der Waals surface area contributed by atoms with E-state index in [1.54, 1.807) is 12.3 Å². The molecule has 0 spiro atoms. The largest absolute Gasteiger partial charge is 0.489 e. The predicted octanol–water partition coefficient (Wildman–Crippen LogP) is 3.92. The average molecular weight is 429 g/mol. The van der Waals surface area contributed by atoms with Crippen molar-refractivity contribution in [1.82, 2.24) is 15.1 Å². The van der Waals surface area contributed by atoms with Gasteiger partial charge in [-0.15, -0.1) is 0 Å². The fraction of sp³-hybridized carbons (Fsp3) is 0.636. The van der Waals surface area contributed by atoms with Gasteiger partial charge in [0.25, 0.3) is 0 Å². The summed E-state index contributed by atoms with van der Waals surface area (Å²) >= 11 is 0. The van der Waals surface area contributed by atoms with E-state index >= 15 is 0 Å². The van der Waals surface area contributed by atoms with E-state index in [4.69, 9.17) is 14.0 Å². The van der Waals surface area contributed by atoms with Crippen LogP contribution in [0.15, 0.2) is 23.0 Å². The second-order valence-corrected chi connectivity index (χ2v) is 8.70. The van der Waals surface area contributed by atoms with Gasteiger partial charge in [-0.2, -0.15) is 10.2 Å². The SMILES string of the molecule is CC(C)(F)c1noc(N2CCC(O[C@H]3CC[C@H](Oc4ccncc4C#N)CC3)CC2)n1. The lowest BCUT2D eigenvalue weighted by atomic mass is 9.94. The Morgan fingerprint density at radius 1 is 1.13 bits per heavy atom. The maximum atomic E-state index is 14.0. The van der Waals surface area contributed by atoms with Crippen LogP contribution in [0.25, 0.3) is 0 Å². The van der Waals surface area contributed by atoms with Crippen molar-refractivity contribution >= 4 is 6.01 Å². The summed E-state index contributed by atoms with van der Waals surface area (Å²) in [6.45, 7) is 4.33. The van der Waals surface area contributed by atoms with Crippen LogP contribution >= 0.6 is 0 Å². The molecule has 0 aromatic carbocycles. The summed E-state index contributed by atoms with van der Waals surface area (Å²) in [6.07, 6.45) is 9.13. The van der Waals surface area contributed by atoms with Gasteiger partial charge in [0.1, 0.15) is 17.4 Å². The van der Waals surface area contributed by atoms with Gasteiger partial charge in [-0.25, -0.2) is 4.39 Å². The summed E-state index contributed by atoms with van der Waals surface area (Å²) in [6, 6.07) is 4.25. The van der Waals surface area contributed by atoms with Gasteiger partial charge in [-0.05, 0) is 58.4 Å². The van der Waals surface area contributed by atoms with Crippen LogP contribution in [0.1, 0.15) is 63.8 Å². The topological polar surface area (TPSA) is 97.3 Å². The number of rotatable bonds is 6. The molecule has 0 atom stereocenters. The van der Waals surface area contributed by atoms with E-state index in [9.17, 15) is 9.65 Å². The minimum Gasteiger partial charge on any atom is -0.489 e. The zero-order valence-corrected chi connectivity index (χ0v) is 18.0. The Bertz CT molecular complexity index is 906. The summed E-state index contributed by atoms with van der Waals surface area (Å²) in [7, 11) is 0. The summed E-state index contributed by atoms with van der Waals surface area (Å²) in [5.74, 6) is 0.683. The van der Waals surface area contributed by atoms with Crippen LogP contribution in [0.4, 0.5) is 10.4 Å². The van der Waals surface area contributed by atoms with Gasteiger partial charge in [-0.1, -0.05) is 5.16 Å². The zero-order valence-electron chi connectivity index (χ0n) is 18.0. The number of piperidine rings is 1. The first kappa shape index (κ1) is 21.5. The third kappa shape index (κ3) is 5.31. The number of pyridine rings is 1. The predicted molar refractivity (Wildman–Crippen MR) is 110 cm³/mol. The molecular formula is C22H28FN5O3. The van der Waals surface area contributed by atoms with Gasteiger partial charge in [0.05, 0.1) is 18.3 Å². The van der Waals surface area contributed by atoms with E-state index in [-0.39, 0.29) is 24.1 Å². The summed E-state index contributed by atoms with van der Waals surface area (Å²) in [4.78, 5) is 10.2. The standard InChI is InChI=1S/C22H28FN5O3/c1-22(2,23)20-26-21(31-27-20)28-11-8-18(9-12-28)29-16-3-5-17(6-4-16)30-19-7-10-25-14-15(19)13-24/h7,10,14,16-18H,3-6,8-9,11-12H2,1-2H3/t16-,17-. The lowest BCUT2D eigenvalue weighted by molar-refractivity contribution is -0.0530. The molecule has 31 heavy (non-hydrogen) atoms. The highest BCUT2D eigenvalue weighted by atomic mass is 19.1. The van der Waals surface area contributed by atoms with Crippen LogP contribution in [-0.2, 0) is 10.4 Å². The molecule has 0 unspecified atom stereocenters. The molecule has 1 aliphatic carbocycles. The number of nitrogens with zero attached hydrogens (tertiary/aromatic N) is 5. The fourth-order valence-electron chi connectivity index (χ4n) is 4.07. The van der Waals surface area contributed by atoms with Crippen molar-refractivity contribution in [2.75, 3.05) is 18.0 Å². The van der Waals surface area contributed by atoms with E-state index in [1.807, 2.05) is 4.90 Å². The van der Waals surface area contributed by atoms with Crippen molar-refractivity contribution in [3.05, 3.63) is 29.8 Å². The average Bonchev–Trinajstić information content (AvgIpc) is 3.27. The van der Waals surface area contributed by atoms with Gasteiger partial charge in [0, 0.05) is 25.5 Å². The second-order valence-electron chi connectivity index (χ2n) is 8.70. The van der Waals surface area contributed by atoms with Crippen LogP contribution in [0.5, 0.6) is 5.75 Å². The molecule has 2 aliphatic rings. The third-order valence-electron chi connectivity index (χ3n) is 5.86. The van der Waals surface area contributed by atoms with E-state index in [2.05, 4.69) is 21.2 Å². The maximum absolute atomic E-state index is 14.0. The van der Waals surface area contributed by atoms with Crippen molar-refractivity contribution in [2.45, 2.75) is 76.4 Å². The molecule has 0 amide bonds. The first-order chi connectivity index (χ1) is 14.9. The molecule has 2 aromatic rings. The van der Waals surface area contributed by atoms with Crippen LogP contribution in [-0.4, -0.2) is 46.5 Å². The minimum absolute atomic E-state index is 0.0773. The summed E-state index contributed by atoms with van der Waals surface area (Å²) in [5, 5.41) is 12.9. The highest BCUT2D eigenvalue weighted by Crippen LogP contribution is 2.30. The van der Waals surface area contributed by atoms with E-state index in [0.29, 0.717) is 17.3 Å². The van der Waals surface area contributed by atoms with E-state index in [0.717, 1.165) is 51.6 Å². The molecule has 2 aromatic heterocycles. The van der Waals surface area contributed by atoms with Crippen molar-refractivity contribution < 1.29 is 18.4 Å². The molecule has 0 bridgehead atoms. The molecule has 1 aliphatic heterocycles. The highest BCUT2D eigenvalue weighted by Gasteiger charge is 2.31. The van der Waals surface area contributed by atoms with E-state index in [1.165, 1.54) is 20.0 Å². The van der Waals surface area contributed by atoms with Crippen LogP contribution < -0.4 is 9.64 Å². The van der Waals surface area contributed by atoms with Gasteiger partial charge < -0.3 is 18.9 Å². The van der Waals surface area contributed by atoms with Crippen molar-refractivity contribution in [3.63, 3.8) is 0 Å². The van der Waals surface area contributed by atoms with Gasteiger partial charge in [0.15, 0.2) is 5.67 Å². The monoisotopic (exact) mass is 429 g/mol. The zero-order chi connectivity index (χ0) is 21.8. The normalized spacial score (nSPS) is 22.8. The van der Waals surface area contributed by atoms with Crippen LogP contribution in [0, 0.1) is 11.3 Å². The second kappa shape index (κ2) is 9.18. The minimum atomic E-state index is -1.61. The Morgan fingerprint density at radius 2 is 1.81 bits per heavy atom. The lowest BCUT2D eigenvalue weighted by Gasteiger charge is -2.35. The molecule has 2 fully saturated rings. The van der Waals surface area contributed by atoms with Crippen molar-refractivity contribution in [3.8, 4) is 11.8 Å². The molecule has 3 heterocycles. The summed E-state index contributed by atoms with van der Waals surface area (Å²) in [5.41, 5.74) is -1.14. The Hall–Kier alpha value is -2.73. The Morgan fingerprint density at radius 3 is 2.45 bits per heavy atom. The molecule has 4 rings (SSSR count). The molecule has 0 N–H and O–H groups in total. The van der Waals surface area contributed by atoms with Crippen LogP contribution in [0.3, 0.4) is 0 Å². The molecule has 8 nitrogen and oxygen atoms in total. The smallest absolute Gasteiger partial charge is 0.324 e.